The third-order valence-electron chi connectivity index (χ3n) is 3.54. The standard InChI is InChI=1S/C16H12F3N3O2S.CH5N/c1-25(23)15-8-4-5-22-13(8)11(18)12(19)14(15)24-7-2-3-10(17)9(6-7)16(20)21;1-2/h2-6,22H,1H3,(H3,20,21);2H2,1H3. The Kier molecular flexibility index (Phi) is 6.24. The lowest BCUT2D eigenvalue weighted by Gasteiger charge is -2.13. The molecule has 6 nitrogen and oxygen atoms in total. The maximum absolute atomic E-state index is 14.5. The number of fused-ring (bicyclic) bond motifs is 1. The van der Waals surface area contributed by atoms with Crippen molar-refractivity contribution in [2.75, 3.05) is 13.3 Å². The van der Waals surface area contributed by atoms with Crippen LogP contribution in [-0.2, 0) is 10.8 Å². The molecule has 1 heterocycles. The van der Waals surface area contributed by atoms with Crippen LogP contribution in [0.25, 0.3) is 10.9 Å². The average molecular weight is 398 g/mol. The summed E-state index contributed by atoms with van der Waals surface area (Å²) < 4.78 is 59.7. The minimum atomic E-state index is -1.70. The quantitative estimate of drug-likeness (QED) is 0.399. The van der Waals surface area contributed by atoms with Crippen molar-refractivity contribution in [3.63, 3.8) is 0 Å². The lowest BCUT2D eigenvalue weighted by Crippen LogP contribution is -2.13. The molecule has 0 saturated heterocycles. The largest absolute Gasteiger partial charge is 0.453 e. The van der Waals surface area contributed by atoms with Gasteiger partial charge in [0.2, 0.25) is 5.82 Å². The second kappa shape index (κ2) is 8.23. The monoisotopic (exact) mass is 398 g/mol. The Hall–Kier alpha value is -2.85. The molecule has 0 aliphatic carbocycles. The van der Waals surface area contributed by atoms with E-state index in [-0.39, 0.29) is 27.1 Å². The normalized spacial score (nSPS) is 11.6. The van der Waals surface area contributed by atoms with Gasteiger partial charge in [-0.2, -0.15) is 4.39 Å². The van der Waals surface area contributed by atoms with Crippen LogP contribution in [-0.4, -0.2) is 28.3 Å². The predicted octanol–water partition coefficient (Wildman–Crippen LogP) is 2.97. The molecule has 0 radical (unpaired) electrons. The fourth-order valence-electron chi connectivity index (χ4n) is 2.44. The van der Waals surface area contributed by atoms with Crippen molar-refractivity contribution in [3.05, 3.63) is 53.5 Å². The number of halogens is 3. The number of ether oxygens (including phenoxy) is 1. The van der Waals surface area contributed by atoms with Gasteiger partial charge in [0.15, 0.2) is 11.6 Å². The Morgan fingerprint density at radius 3 is 2.44 bits per heavy atom. The molecule has 0 aliphatic rings. The van der Waals surface area contributed by atoms with Crippen LogP contribution in [0.4, 0.5) is 13.2 Å². The molecule has 6 N–H and O–H groups in total. The summed E-state index contributed by atoms with van der Waals surface area (Å²) in [5.74, 6) is -4.45. The molecular formula is C17H17F3N4O2S. The summed E-state index contributed by atoms with van der Waals surface area (Å²) in [6.07, 6.45) is 2.69. The number of rotatable bonds is 4. The van der Waals surface area contributed by atoms with Gasteiger partial charge in [0.1, 0.15) is 17.4 Å². The summed E-state index contributed by atoms with van der Waals surface area (Å²) in [5, 5.41) is 7.53. The topological polar surface area (TPSA) is 118 Å². The highest BCUT2D eigenvalue weighted by molar-refractivity contribution is 7.84. The molecule has 2 aromatic carbocycles. The number of benzene rings is 2. The first-order chi connectivity index (χ1) is 12.8. The van der Waals surface area contributed by atoms with Gasteiger partial charge >= 0.3 is 0 Å². The minimum Gasteiger partial charge on any atom is -0.453 e. The van der Waals surface area contributed by atoms with E-state index in [0.717, 1.165) is 12.1 Å². The number of H-pyrrole nitrogens is 1. The van der Waals surface area contributed by atoms with E-state index >= 15 is 0 Å². The molecule has 1 atom stereocenters. The summed E-state index contributed by atoms with van der Waals surface area (Å²) in [5.41, 5.74) is 9.39. The van der Waals surface area contributed by atoms with Crippen molar-refractivity contribution in [3.8, 4) is 11.5 Å². The van der Waals surface area contributed by atoms with Crippen LogP contribution in [0.1, 0.15) is 5.56 Å². The highest BCUT2D eigenvalue weighted by atomic mass is 32.2. The van der Waals surface area contributed by atoms with Gasteiger partial charge in [0, 0.05) is 17.8 Å². The molecule has 3 aromatic rings. The van der Waals surface area contributed by atoms with E-state index in [1.54, 1.807) is 0 Å². The maximum Gasteiger partial charge on any atom is 0.204 e. The summed E-state index contributed by atoms with van der Waals surface area (Å²) in [7, 11) is -0.197. The number of aromatic nitrogens is 1. The molecule has 1 aromatic heterocycles. The smallest absolute Gasteiger partial charge is 0.204 e. The Balaban J connectivity index is 0.00000126. The number of nitrogens with two attached hydrogens (primary N) is 2. The van der Waals surface area contributed by atoms with Crippen molar-refractivity contribution in [1.29, 1.82) is 5.41 Å². The van der Waals surface area contributed by atoms with Gasteiger partial charge in [-0.3, -0.25) is 9.62 Å². The number of amidine groups is 1. The zero-order valence-electron chi connectivity index (χ0n) is 14.4. The molecule has 1 unspecified atom stereocenters. The summed E-state index contributed by atoms with van der Waals surface area (Å²) in [6, 6.07) is 4.69. The van der Waals surface area contributed by atoms with Gasteiger partial charge in [-0.15, -0.1) is 0 Å². The Bertz CT molecular complexity index is 1040. The SMILES string of the molecule is CN.CS(=O)c1c(Oc2ccc(F)c(C(=N)N)c2)c(F)c(F)c2[nH]ccc12. The number of hydrogen-bond acceptors (Lipinski definition) is 4. The number of nitrogen functional groups attached to an aromatic ring is 1. The number of hydrogen-bond donors (Lipinski definition) is 4. The summed E-state index contributed by atoms with van der Waals surface area (Å²) in [4.78, 5) is 2.51. The molecule has 144 valence electrons. The second-order valence-electron chi connectivity index (χ2n) is 5.16. The highest BCUT2D eigenvalue weighted by Crippen LogP contribution is 2.38. The second-order valence-corrected chi connectivity index (χ2v) is 6.48. The van der Waals surface area contributed by atoms with Gasteiger partial charge in [-0.05, 0) is 31.3 Å². The lowest BCUT2D eigenvalue weighted by atomic mass is 10.2. The van der Waals surface area contributed by atoms with Crippen LogP contribution < -0.4 is 16.2 Å². The first-order valence-electron chi connectivity index (χ1n) is 7.52. The maximum atomic E-state index is 14.5. The molecule has 10 heteroatoms. The average Bonchev–Trinajstić information content (AvgIpc) is 3.11. The fraction of sp³-hybridized carbons (Fsp3) is 0.118. The van der Waals surface area contributed by atoms with Crippen molar-refractivity contribution in [2.45, 2.75) is 4.90 Å². The zero-order chi connectivity index (χ0) is 20.3. The Morgan fingerprint density at radius 2 is 1.85 bits per heavy atom. The van der Waals surface area contributed by atoms with E-state index < -0.39 is 39.8 Å². The zero-order valence-corrected chi connectivity index (χ0v) is 15.2. The Labute approximate surface area is 155 Å². The third kappa shape index (κ3) is 3.81. The van der Waals surface area contributed by atoms with E-state index in [4.69, 9.17) is 15.9 Å². The molecular weight excluding hydrogens is 381 g/mol. The lowest BCUT2D eigenvalue weighted by molar-refractivity contribution is 0.408. The van der Waals surface area contributed by atoms with E-state index in [2.05, 4.69) is 10.7 Å². The van der Waals surface area contributed by atoms with E-state index in [9.17, 15) is 17.4 Å². The van der Waals surface area contributed by atoms with Crippen molar-refractivity contribution in [1.82, 2.24) is 4.98 Å². The van der Waals surface area contributed by atoms with Crippen LogP contribution in [0.15, 0.2) is 35.4 Å². The fourth-order valence-corrected chi connectivity index (χ4v) is 3.31. The number of nitrogens with one attached hydrogen (secondary N) is 2. The molecule has 0 amide bonds. The van der Waals surface area contributed by atoms with Crippen LogP contribution in [0.5, 0.6) is 11.5 Å². The first kappa shape index (κ1) is 20.5. The Morgan fingerprint density at radius 1 is 1.19 bits per heavy atom. The highest BCUT2D eigenvalue weighted by Gasteiger charge is 2.25. The van der Waals surface area contributed by atoms with Crippen LogP contribution in [0.3, 0.4) is 0 Å². The first-order valence-corrected chi connectivity index (χ1v) is 9.08. The molecule has 0 saturated carbocycles. The molecule has 27 heavy (non-hydrogen) atoms. The van der Waals surface area contributed by atoms with Crippen molar-refractivity contribution >= 4 is 27.5 Å². The van der Waals surface area contributed by atoms with Gasteiger partial charge in [-0.25, -0.2) is 8.78 Å². The predicted molar refractivity (Wildman–Crippen MR) is 98.1 cm³/mol. The molecule has 0 fully saturated rings. The molecule has 0 spiro atoms. The third-order valence-corrected chi connectivity index (χ3v) is 4.53. The van der Waals surface area contributed by atoms with E-state index in [0.29, 0.717) is 0 Å². The van der Waals surface area contributed by atoms with Gasteiger partial charge in [0.25, 0.3) is 0 Å². The summed E-state index contributed by atoms with van der Waals surface area (Å²) >= 11 is 0. The van der Waals surface area contributed by atoms with E-state index in [1.807, 2.05) is 0 Å². The van der Waals surface area contributed by atoms with Crippen LogP contribution in [0, 0.1) is 22.9 Å². The van der Waals surface area contributed by atoms with Gasteiger partial charge in [-0.1, -0.05) is 0 Å². The molecule has 0 aliphatic heterocycles. The van der Waals surface area contributed by atoms with Gasteiger partial charge in [0.05, 0.1) is 26.8 Å². The van der Waals surface area contributed by atoms with Crippen molar-refractivity contribution < 1.29 is 22.1 Å². The molecule has 3 rings (SSSR count). The van der Waals surface area contributed by atoms with Crippen molar-refractivity contribution in [2.24, 2.45) is 11.5 Å². The van der Waals surface area contributed by atoms with Gasteiger partial charge < -0.3 is 21.2 Å². The summed E-state index contributed by atoms with van der Waals surface area (Å²) in [6.45, 7) is 0. The minimum absolute atomic E-state index is 0.0381. The number of aromatic amines is 1. The van der Waals surface area contributed by atoms with Crippen LogP contribution in [0.2, 0.25) is 0 Å². The molecule has 0 bridgehead atoms. The van der Waals surface area contributed by atoms with E-state index in [1.165, 1.54) is 31.6 Å². The van der Waals surface area contributed by atoms with Crippen LogP contribution >= 0.6 is 0 Å².